The summed E-state index contributed by atoms with van der Waals surface area (Å²) in [5, 5.41) is 4.77. The van der Waals surface area contributed by atoms with Crippen LogP contribution in [0.3, 0.4) is 0 Å². The van der Waals surface area contributed by atoms with Crippen molar-refractivity contribution < 1.29 is 4.74 Å². The van der Waals surface area contributed by atoms with Gasteiger partial charge in [0.25, 0.3) is 5.56 Å². The zero-order valence-electron chi connectivity index (χ0n) is 15.0. The second-order valence-electron chi connectivity index (χ2n) is 5.85. The molecule has 2 aromatic carbocycles. The molecule has 0 atom stereocenters. The molecule has 0 aliphatic carbocycles. The molecule has 3 rings (SSSR count). The molecule has 0 saturated carbocycles. The number of benzene rings is 2. The predicted octanol–water partition coefficient (Wildman–Crippen LogP) is 3.80. The molecule has 8 heteroatoms. The normalized spacial score (nSPS) is 10.6. The third-order valence-electron chi connectivity index (χ3n) is 4.07. The molecule has 0 aliphatic rings. The monoisotopic (exact) mass is 402 g/mol. The minimum Gasteiger partial charge on any atom is -0.497 e. The Bertz CT molecular complexity index is 1020. The van der Waals surface area contributed by atoms with Gasteiger partial charge in [-0.3, -0.25) is 4.79 Å². The van der Waals surface area contributed by atoms with Crippen molar-refractivity contribution in [3.8, 4) is 5.75 Å². The summed E-state index contributed by atoms with van der Waals surface area (Å²) in [6.07, 6.45) is 0. The number of nitrogens with one attached hydrogen (secondary N) is 2. The van der Waals surface area contributed by atoms with E-state index in [0.717, 1.165) is 11.4 Å². The molecule has 0 unspecified atom stereocenters. The van der Waals surface area contributed by atoms with E-state index in [1.807, 2.05) is 36.1 Å². The average molecular weight is 403 g/mol. The van der Waals surface area contributed by atoms with E-state index in [1.165, 1.54) is 0 Å². The van der Waals surface area contributed by atoms with Crippen LogP contribution in [0.15, 0.2) is 47.3 Å². The van der Waals surface area contributed by atoms with Crippen molar-refractivity contribution in [3.63, 3.8) is 0 Å². The van der Waals surface area contributed by atoms with Gasteiger partial charge in [0.15, 0.2) is 5.11 Å². The topological polar surface area (TPSA) is 70.2 Å². The van der Waals surface area contributed by atoms with E-state index in [2.05, 4.69) is 15.3 Å². The van der Waals surface area contributed by atoms with Gasteiger partial charge in [-0.2, -0.15) is 0 Å². The standard InChI is InChI=1S/C19H19ClN4O2S/c1-3-24(19(27)21-13-5-7-14(26-2)8-6-13)11-17-22-16-10-12(20)4-9-15(16)18(25)23-17/h4-10H,3,11H2,1-2H3,(H,21,27)(H,22,23,25). The second-order valence-corrected chi connectivity index (χ2v) is 6.67. The molecule has 2 N–H and O–H groups in total. The summed E-state index contributed by atoms with van der Waals surface area (Å²) in [5.41, 5.74) is 1.22. The van der Waals surface area contributed by atoms with E-state index in [-0.39, 0.29) is 5.56 Å². The number of methoxy groups -OCH3 is 1. The summed E-state index contributed by atoms with van der Waals surface area (Å²) in [7, 11) is 1.62. The lowest BCUT2D eigenvalue weighted by Crippen LogP contribution is -2.35. The Kier molecular flexibility index (Phi) is 5.93. The Morgan fingerprint density at radius 1 is 1.30 bits per heavy atom. The minimum atomic E-state index is -0.197. The van der Waals surface area contributed by atoms with Gasteiger partial charge in [-0.15, -0.1) is 0 Å². The number of fused-ring (bicyclic) bond motifs is 1. The largest absolute Gasteiger partial charge is 0.497 e. The smallest absolute Gasteiger partial charge is 0.258 e. The first-order chi connectivity index (χ1) is 13.0. The molecule has 0 aliphatic heterocycles. The van der Waals surface area contributed by atoms with Crippen molar-refractivity contribution in [1.29, 1.82) is 0 Å². The molecule has 0 bridgehead atoms. The Labute approximate surface area is 167 Å². The van der Waals surface area contributed by atoms with E-state index >= 15 is 0 Å². The van der Waals surface area contributed by atoms with Gasteiger partial charge in [-0.05, 0) is 61.6 Å². The average Bonchev–Trinajstić information content (AvgIpc) is 2.66. The lowest BCUT2D eigenvalue weighted by atomic mass is 10.2. The number of hydrogen-bond acceptors (Lipinski definition) is 4. The summed E-state index contributed by atoms with van der Waals surface area (Å²) in [4.78, 5) is 21.5. The highest BCUT2D eigenvalue weighted by Gasteiger charge is 2.12. The van der Waals surface area contributed by atoms with Crippen molar-refractivity contribution in [1.82, 2.24) is 14.9 Å². The Hall–Kier alpha value is -2.64. The highest BCUT2D eigenvalue weighted by Crippen LogP contribution is 2.17. The quantitative estimate of drug-likeness (QED) is 0.632. The van der Waals surface area contributed by atoms with Gasteiger partial charge in [-0.1, -0.05) is 11.6 Å². The molecule has 0 saturated heterocycles. The molecular weight excluding hydrogens is 384 g/mol. The molecule has 140 valence electrons. The van der Waals surface area contributed by atoms with Gasteiger partial charge in [0, 0.05) is 17.3 Å². The fourth-order valence-electron chi connectivity index (χ4n) is 2.62. The first-order valence-corrected chi connectivity index (χ1v) is 9.17. The number of H-pyrrole nitrogens is 1. The summed E-state index contributed by atoms with van der Waals surface area (Å²) in [6.45, 7) is 3.01. The first kappa shape index (κ1) is 19.1. The first-order valence-electron chi connectivity index (χ1n) is 8.38. The lowest BCUT2D eigenvalue weighted by molar-refractivity contribution is 0.415. The number of aromatic nitrogens is 2. The second kappa shape index (κ2) is 8.37. The van der Waals surface area contributed by atoms with Gasteiger partial charge in [-0.25, -0.2) is 4.98 Å². The van der Waals surface area contributed by atoms with Crippen LogP contribution in [0.25, 0.3) is 10.9 Å². The van der Waals surface area contributed by atoms with Crippen LogP contribution < -0.4 is 15.6 Å². The third kappa shape index (κ3) is 4.56. The van der Waals surface area contributed by atoms with Crippen LogP contribution in [0.1, 0.15) is 12.7 Å². The fraction of sp³-hybridized carbons (Fsp3) is 0.211. The number of halogens is 1. The maximum atomic E-state index is 12.3. The number of thiocarbonyl (C=S) groups is 1. The third-order valence-corrected chi connectivity index (χ3v) is 4.66. The number of hydrogen-bond donors (Lipinski definition) is 2. The molecule has 0 fully saturated rings. The number of aromatic amines is 1. The van der Waals surface area contributed by atoms with E-state index in [4.69, 9.17) is 28.6 Å². The van der Waals surface area contributed by atoms with Gasteiger partial charge < -0.3 is 19.9 Å². The zero-order chi connectivity index (χ0) is 19.4. The van der Waals surface area contributed by atoms with E-state index < -0.39 is 0 Å². The van der Waals surface area contributed by atoms with Crippen LogP contribution in [-0.2, 0) is 6.54 Å². The molecule has 0 radical (unpaired) electrons. The summed E-state index contributed by atoms with van der Waals surface area (Å²) >= 11 is 11.5. The molecule has 27 heavy (non-hydrogen) atoms. The minimum absolute atomic E-state index is 0.197. The number of nitrogens with zero attached hydrogens (tertiary/aromatic N) is 2. The van der Waals surface area contributed by atoms with Gasteiger partial charge in [0.2, 0.25) is 0 Å². The van der Waals surface area contributed by atoms with Gasteiger partial charge in [0.05, 0.1) is 24.6 Å². The molecule has 0 spiro atoms. The fourth-order valence-corrected chi connectivity index (χ4v) is 3.10. The van der Waals surface area contributed by atoms with Crippen LogP contribution in [0.5, 0.6) is 5.75 Å². The van der Waals surface area contributed by atoms with Crippen molar-refractivity contribution in [2.45, 2.75) is 13.5 Å². The van der Waals surface area contributed by atoms with Crippen LogP contribution in [0.2, 0.25) is 5.02 Å². The van der Waals surface area contributed by atoms with Crippen molar-refractivity contribution >= 4 is 45.5 Å². The van der Waals surface area contributed by atoms with Gasteiger partial charge >= 0.3 is 0 Å². The molecule has 0 amide bonds. The zero-order valence-corrected chi connectivity index (χ0v) is 16.5. The van der Waals surface area contributed by atoms with Gasteiger partial charge in [0.1, 0.15) is 11.6 Å². The van der Waals surface area contributed by atoms with E-state index in [9.17, 15) is 4.79 Å². The molecular formula is C19H19ClN4O2S. The number of anilines is 1. The summed E-state index contributed by atoms with van der Waals surface area (Å²) in [5.74, 6) is 1.30. The lowest BCUT2D eigenvalue weighted by Gasteiger charge is -2.24. The molecule has 6 nitrogen and oxygen atoms in total. The summed E-state index contributed by atoms with van der Waals surface area (Å²) < 4.78 is 5.15. The SMILES string of the molecule is CCN(Cc1nc2cc(Cl)ccc2c(=O)[nH]1)C(=S)Nc1ccc(OC)cc1. The maximum Gasteiger partial charge on any atom is 0.258 e. The van der Waals surface area contributed by atoms with E-state index in [1.54, 1.807) is 25.3 Å². The number of ether oxygens (including phenoxy) is 1. The Balaban J connectivity index is 1.78. The highest BCUT2D eigenvalue weighted by molar-refractivity contribution is 7.80. The Morgan fingerprint density at radius 3 is 2.70 bits per heavy atom. The highest BCUT2D eigenvalue weighted by atomic mass is 35.5. The van der Waals surface area contributed by atoms with Crippen molar-refractivity contribution in [2.24, 2.45) is 0 Å². The van der Waals surface area contributed by atoms with Crippen LogP contribution >= 0.6 is 23.8 Å². The van der Waals surface area contributed by atoms with Crippen LogP contribution in [0.4, 0.5) is 5.69 Å². The van der Waals surface area contributed by atoms with E-state index in [0.29, 0.717) is 40.0 Å². The van der Waals surface area contributed by atoms with Crippen molar-refractivity contribution in [3.05, 3.63) is 63.7 Å². The number of rotatable bonds is 5. The maximum absolute atomic E-state index is 12.3. The van der Waals surface area contributed by atoms with Crippen molar-refractivity contribution in [2.75, 3.05) is 19.0 Å². The van der Waals surface area contributed by atoms with Crippen LogP contribution in [0, 0.1) is 0 Å². The van der Waals surface area contributed by atoms with Crippen LogP contribution in [-0.4, -0.2) is 33.6 Å². The molecule has 1 heterocycles. The Morgan fingerprint density at radius 2 is 2.04 bits per heavy atom. The summed E-state index contributed by atoms with van der Waals surface area (Å²) in [6, 6.07) is 12.5. The molecule has 3 aromatic rings. The molecule has 1 aromatic heterocycles. The predicted molar refractivity (Wildman–Crippen MR) is 113 cm³/mol.